The Labute approximate surface area is 57.4 Å². The average Bonchev–Trinajstić information content (AvgIpc) is 2.13. The summed E-state index contributed by atoms with van der Waals surface area (Å²) in [4.78, 5) is 2.63. The van der Waals surface area contributed by atoms with Crippen molar-refractivity contribution in [2.75, 3.05) is 0 Å². The largest absolute Gasteiger partial charge is 0.491 e. The highest BCUT2D eigenvalue weighted by molar-refractivity contribution is 6.62. The fourth-order valence-electron chi connectivity index (χ4n) is 0.555. The number of H-pyrrole nitrogens is 1. The summed E-state index contributed by atoms with van der Waals surface area (Å²) < 4.78 is 0. The molecule has 5 heteroatoms. The molecule has 0 aliphatic heterocycles. The van der Waals surface area contributed by atoms with E-state index in [2.05, 4.69) is 4.98 Å². The van der Waals surface area contributed by atoms with Gasteiger partial charge in [-0.2, -0.15) is 0 Å². The van der Waals surface area contributed by atoms with Gasteiger partial charge in [-0.1, -0.05) is 11.6 Å². The maximum Gasteiger partial charge on any atom is 0.491 e. The van der Waals surface area contributed by atoms with E-state index < -0.39 is 7.12 Å². The lowest BCUT2D eigenvalue weighted by molar-refractivity contribution is 0.426. The molecule has 0 atom stereocenters. The summed E-state index contributed by atoms with van der Waals surface area (Å²) in [7, 11) is -1.48. The average molecular weight is 145 g/mol. The van der Waals surface area contributed by atoms with E-state index in [1.165, 1.54) is 12.4 Å². The summed E-state index contributed by atoms with van der Waals surface area (Å²) in [6.07, 6.45) is 2.92. The van der Waals surface area contributed by atoms with Crippen molar-refractivity contribution in [3.05, 3.63) is 17.4 Å². The predicted octanol–water partition coefficient (Wildman–Crippen LogP) is -0.652. The van der Waals surface area contributed by atoms with Gasteiger partial charge in [0.2, 0.25) is 0 Å². The van der Waals surface area contributed by atoms with Crippen LogP contribution in [0.2, 0.25) is 5.02 Å². The third-order valence-corrected chi connectivity index (χ3v) is 1.33. The smallest absolute Gasteiger partial charge is 0.423 e. The summed E-state index contributed by atoms with van der Waals surface area (Å²) >= 11 is 5.48. The molecule has 1 aromatic rings. The molecule has 0 fully saturated rings. The van der Waals surface area contributed by atoms with Crippen molar-refractivity contribution in [3.8, 4) is 0 Å². The Bertz CT molecular complexity index is 200. The molecule has 48 valence electrons. The second-order valence-electron chi connectivity index (χ2n) is 1.63. The number of halogens is 1. The first kappa shape index (κ1) is 6.67. The highest BCUT2D eigenvalue weighted by atomic mass is 35.5. The van der Waals surface area contributed by atoms with Crippen molar-refractivity contribution in [1.29, 1.82) is 0 Å². The van der Waals surface area contributed by atoms with E-state index in [-0.39, 0.29) is 0 Å². The van der Waals surface area contributed by atoms with Crippen LogP contribution < -0.4 is 5.46 Å². The van der Waals surface area contributed by atoms with Crippen molar-refractivity contribution in [1.82, 2.24) is 4.98 Å². The molecule has 3 N–H and O–H groups in total. The molecule has 0 radical (unpaired) electrons. The Kier molecular flexibility index (Phi) is 1.80. The molecule has 1 aromatic heterocycles. The minimum atomic E-state index is -1.48. The number of aromatic nitrogens is 1. The van der Waals surface area contributed by atoms with Crippen LogP contribution in [0.4, 0.5) is 0 Å². The second-order valence-corrected chi connectivity index (χ2v) is 2.04. The molecule has 0 saturated carbocycles. The molecule has 1 heterocycles. The van der Waals surface area contributed by atoms with E-state index >= 15 is 0 Å². The lowest BCUT2D eigenvalue weighted by Crippen LogP contribution is -2.29. The van der Waals surface area contributed by atoms with E-state index in [0.717, 1.165) is 0 Å². The maximum atomic E-state index is 8.54. The van der Waals surface area contributed by atoms with Gasteiger partial charge < -0.3 is 15.0 Å². The Hall–Kier alpha value is -0.445. The molecular formula is C4H5BClNO2. The second kappa shape index (κ2) is 2.43. The topological polar surface area (TPSA) is 56.2 Å². The fourth-order valence-corrected chi connectivity index (χ4v) is 0.770. The normalized spacial score (nSPS) is 9.67. The summed E-state index contributed by atoms with van der Waals surface area (Å²) in [6, 6.07) is 0. The Morgan fingerprint density at radius 1 is 1.44 bits per heavy atom. The Morgan fingerprint density at radius 2 is 2.11 bits per heavy atom. The minimum absolute atomic E-state index is 0.302. The van der Waals surface area contributed by atoms with Crippen molar-refractivity contribution < 1.29 is 10.0 Å². The van der Waals surface area contributed by atoms with Crippen LogP contribution in [0.15, 0.2) is 12.4 Å². The molecule has 0 spiro atoms. The van der Waals surface area contributed by atoms with E-state index in [0.29, 0.717) is 10.5 Å². The summed E-state index contributed by atoms with van der Waals surface area (Å²) in [5.41, 5.74) is 0.302. The van der Waals surface area contributed by atoms with Gasteiger partial charge >= 0.3 is 7.12 Å². The summed E-state index contributed by atoms with van der Waals surface area (Å²) in [5.74, 6) is 0. The SMILES string of the molecule is OB(O)c1c[nH]cc1Cl. The van der Waals surface area contributed by atoms with Crippen LogP contribution in [-0.2, 0) is 0 Å². The molecule has 1 rings (SSSR count). The maximum absolute atomic E-state index is 8.54. The van der Waals surface area contributed by atoms with Crippen LogP contribution >= 0.6 is 11.6 Å². The van der Waals surface area contributed by atoms with Gasteiger partial charge in [-0.3, -0.25) is 0 Å². The van der Waals surface area contributed by atoms with E-state index in [1.807, 2.05) is 0 Å². The molecule has 9 heavy (non-hydrogen) atoms. The lowest BCUT2D eigenvalue weighted by Gasteiger charge is -1.91. The van der Waals surface area contributed by atoms with Gasteiger partial charge in [0.15, 0.2) is 0 Å². The minimum Gasteiger partial charge on any atom is -0.423 e. The molecular weight excluding hydrogens is 140 g/mol. The van der Waals surface area contributed by atoms with Crippen LogP contribution in [0.3, 0.4) is 0 Å². The lowest BCUT2D eigenvalue weighted by atomic mass is 9.83. The molecule has 0 aliphatic rings. The number of rotatable bonds is 1. The summed E-state index contributed by atoms with van der Waals surface area (Å²) in [5, 5.41) is 17.4. The van der Waals surface area contributed by atoms with Gasteiger partial charge in [0, 0.05) is 17.9 Å². The third kappa shape index (κ3) is 1.27. The van der Waals surface area contributed by atoms with Crippen molar-refractivity contribution in [3.63, 3.8) is 0 Å². The first-order chi connectivity index (χ1) is 4.22. The van der Waals surface area contributed by atoms with Crippen LogP contribution in [0, 0.1) is 0 Å². The quantitative estimate of drug-likeness (QED) is 0.460. The molecule has 0 aromatic carbocycles. The highest BCUT2D eigenvalue weighted by Gasteiger charge is 2.14. The van der Waals surface area contributed by atoms with Gasteiger partial charge in [0.1, 0.15) is 0 Å². The molecule has 3 nitrogen and oxygen atoms in total. The molecule has 0 aliphatic carbocycles. The zero-order valence-electron chi connectivity index (χ0n) is 4.50. The van der Waals surface area contributed by atoms with Gasteiger partial charge in [-0.15, -0.1) is 0 Å². The van der Waals surface area contributed by atoms with Gasteiger partial charge in [0.25, 0.3) is 0 Å². The van der Waals surface area contributed by atoms with Crippen molar-refractivity contribution in [2.45, 2.75) is 0 Å². The first-order valence-electron chi connectivity index (χ1n) is 2.40. The van der Waals surface area contributed by atoms with Crippen LogP contribution in [0.1, 0.15) is 0 Å². The number of hydrogen-bond acceptors (Lipinski definition) is 2. The number of nitrogens with one attached hydrogen (secondary N) is 1. The van der Waals surface area contributed by atoms with Crippen LogP contribution in [0.25, 0.3) is 0 Å². The highest BCUT2D eigenvalue weighted by Crippen LogP contribution is 2.01. The first-order valence-corrected chi connectivity index (χ1v) is 2.78. The zero-order valence-corrected chi connectivity index (χ0v) is 5.26. The third-order valence-electron chi connectivity index (χ3n) is 1.00. The van der Waals surface area contributed by atoms with E-state index in [1.54, 1.807) is 0 Å². The molecule has 0 bridgehead atoms. The zero-order chi connectivity index (χ0) is 6.85. The number of aromatic amines is 1. The molecule has 0 saturated heterocycles. The Balaban J connectivity index is 2.94. The van der Waals surface area contributed by atoms with E-state index in [4.69, 9.17) is 21.6 Å². The van der Waals surface area contributed by atoms with E-state index in [9.17, 15) is 0 Å². The number of hydrogen-bond donors (Lipinski definition) is 3. The van der Waals surface area contributed by atoms with Crippen molar-refractivity contribution in [2.24, 2.45) is 0 Å². The Morgan fingerprint density at radius 3 is 2.33 bits per heavy atom. The molecule has 0 unspecified atom stereocenters. The van der Waals surface area contributed by atoms with Gasteiger partial charge in [0.05, 0.1) is 5.02 Å². The predicted molar refractivity (Wildman–Crippen MR) is 35.6 cm³/mol. The standard InChI is InChI=1S/C4H5BClNO2/c6-4-2-7-1-3(4)5(8)9/h1-2,7-9H. The fraction of sp³-hybridized carbons (Fsp3) is 0. The summed E-state index contributed by atoms with van der Waals surface area (Å²) in [6.45, 7) is 0. The van der Waals surface area contributed by atoms with Crippen molar-refractivity contribution >= 4 is 24.2 Å². The van der Waals surface area contributed by atoms with Crippen LogP contribution in [-0.4, -0.2) is 22.2 Å². The van der Waals surface area contributed by atoms with Gasteiger partial charge in [-0.25, -0.2) is 0 Å². The molecule has 0 amide bonds. The van der Waals surface area contributed by atoms with Crippen LogP contribution in [0.5, 0.6) is 0 Å². The van der Waals surface area contributed by atoms with Gasteiger partial charge in [-0.05, 0) is 0 Å². The monoisotopic (exact) mass is 145 g/mol.